The Balaban J connectivity index is 0.000000841. The summed E-state index contributed by atoms with van der Waals surface area (Å²) >= 11 is 0. The molecule has 0 aliphatic carbocycles. The van der Waals surface area contributed by atoms with Crippen molar-refractivity contribution in [1.82, 2.24) is 5.32 Å². The highest BCUT2D eigenvalue weighted by atomic mass is 32.2. The van der Waals surface area contributed by atoms with Gasteiger partial charge in [-0.3, -0.25) is 4.79 Å². The molecule has 1 N–H and O–H groups in total. The molecule has 1 amide bonds. The molecular formula is C39H67N3O4S. The zero-order valence-electron chi connectivity index (χ0n) is 30.7. The van der Waals surface area contributed by atoms with E-state index in [2.05, 4.69) is 26.3 Å². The van der Waals surface area contributed by atoms with Crippen LogP contribution in [-0.2, 0) is 10.1 Å². The minimum absolute atomic E-state index is 0.0309. The summed E-state index contributed by atoms with van der Waals surface area (Å²) in [4.78, 5) is 14.2. The summed E-state index contributed by atoms with van der Waals surface area (Å²) in [6.07, 6.45) is 23.7. The third-order valence-corrected chi connectivity index (χ3v) is 9.65. The highest BCUT2D eigenvalue weighted by Crippen LogP contribution is 2.15. The Morgan fingerprint density at radius 1 is 0.681 bits per heavy atom. The molecule has 0 spiro atoms. The second kappa shape index (κ2) is 24.7. The van der Waals surface area contributed by atoms with Crippen molar-refractivity contribution in [3.05, 3.63) is 59.7 Å². The number of aryl methyl sites for hydroxylation is 1. The Morgan fingerprint density at radius 3 is 1.53 bits per heavy atom. The first kappa shape index (κ1) is 42.6. The molecule has 0 atom stereocenters. The molecule has 0 fully saturated rings. The highest BCUT2D eigenvalue weighted by molar-refractivity contribution is 7.85. The summed E-state index contributed by atoms with van der Waals surface area (Å²) in [5.41, 5.74) is 2.78. The van der Waals surface area contributed by atoms with Crippen LogP contribution < -0.4 is 10.2 Å². The van der Waals surface area contributed by atoms with Gasteiger partial charge in [-0.2, -0.15) is 0 Å². The Hall–Kier alpha value is -2.42. The van der Waals surface area contributed by atoms with Crippen LogP contribution in [0.25, 0.3) is 0 Å². The van der Waals surface area contributed by atoms with Gasteiger partial charge in [0.2, 0.25) is 0 Å². The maximum Gasteiger partial charge on any atom is 0.251 e. The first-order chi connectivity index (χ1) is 22.4. The topological polar surface area (TPSA) is 89.5 Å². The maximum absolute atomic E-state index is 12.4. The van der Waals surface area contributed by atoms with Gasteiger partial charge in [0.05, 0.1) is 32.1 Å². The Bertz CT molecular complexity index is 1180. The number of carbonyl (C=O) groups is 1. The van der Waals surface area contributed by atoms with Crippen LogP contribution in [0.3, 0.4) is 0 Å². The maximum atomic E-state index is 12.4. The van der Waals surface area contributed by atoms with Gasteiger partial charge in [0.15, 0.2) is 0 Å². The van der Waals surface area contributed by atoms with E-state index in [0.29, 0.717) is 0 Å². The van der Waals surface area contributed by atoms with Gasteiger partial charge in [-0.05, 0) is 56.2 Å². The Morgan fingerprint density at radius 2 is 1.11 bits per heavy atom. The number of hydrogen-bond acceptors (Lipinski definition) is 5. The van der Waals surface area contributed by atoms with Gasteiger partial charge in [0.25, 0.3) is 5.91 Å². The summed E-state index contributed by atoms with van der Waals surface area (Å²) in [7, 11) is 4.40. The van der Waals surface area contributed by atoms with Gasteiger partial charge in [-0.15, -0.1) is 0 Å². The predicted molar refractivity (Wildman–Crippen MR) is 198 cm³/mol. The molecule has 0 aliphatic heterocycles. The molecule has 268 valence electrons. The number of amides is 1. The van der Waals surface area contributed by atoms with E-state index in [-0.39, 0.29) is 10.8 Å². The lowest BCUT2D eigenvalue weighted by Gasteiger charge is -2.30. The fourth-order valence-electron chi connectivity index (χ4n) is 5.63. The molecule has 2 rings (SSSR count). The van der Waals surface area contributed by atoms with E-state index in [1.165, 1.54) is 121 Å². The SMILES string of the molecule is CCCCCCCCCCCCCCCCCC[N+](C)(C)CCCNC(=O)c1ccc(N(C)C)cc1.Cc1ccc(S(=O)(=O)[O-])cc1. The van der Waals surface area contributed by atoms with Crippen LogP contribution in [0.2, 0.25) is 0 Å². The number of nitrogens with zero attached hydrogens (tertiary/aromatic N) is 2. The molecule has 0 aliphatic rings. The molecule has 2 aromatic carbocycles. The smallest absolute Gasteiger partial charge is 0.251 e. The standard InChI is InChI=1S/C32H59N3O.C7H8O3S/c1-6-7-8-9-10-11-12-13-14-15-16-17-18-19-20-21-28-35(4,5)29-22-27-33-32(36)30-23-25-31(26-24-30)34(2)3;1-6-2-4-7(5-3-6)11(8,9)10/h23-26H,6-22,27-29H2,1-5H3;2-5H,1H3,(H,8,9,10). The number of rotatable bonds is 24. The number of carbonyl (C=O) groups excluding carboxylic acids is 1. The number of anilines is 1. The van der Waals surface area contributed by atoms with E-state index in [4.69, 9.17) is 0 Å². The molecule has 0 heterocycles. The minimum atomic E-state index is -4.27. The number of benzene rings is 2. The first-order valence-electron chi connectivity index (χ1n) is 18.3. The molecule has 0 saturated carbocycles. The molecule has 0 saturated heterocycles. The van der Waals surface area contributed by atoms with E-state index in [1.54, 1.807) is 12.1 Å². The number of quaternary nitrogens is 1. The average molecular weight is 674 g/mol. The van der Waals surface area contributed by atoms with Crippen LogP contribution in [0.4, 0.5) is 5.69 Å². The lowest BCUT2D eigenvalue weighted by molar-refractivity contribution is -0.890. The van der Waals surface area contributed by atoms with E-state index in [9.17, 15) is 17.8 Å². The summed E-state index contributed by atoms with van der Waals surface area (Å²) in [6.45, 7) is 7.20. The zero-order chi connectivity index (χ0) is 35.0. The van der Waals surface area contributed by atoms with Crippen LogP contribution in [0, 0.1) is 6.92 Å². The third-order valence-electron chi connectivity index (χ3n) is 8.80. The van der Waals surface area contributed by atoms with Gasteiger partial charge in [-0.25, -0.2) is 8.42 Å². The molecule has 0 unspecified atom stereocenters. The molecule has 0 radical (unpaired) electrons. The van der Waals surface area contributed by atoms with Crippen molar-refractivity contribution in [2.24, 2.45) is 0 Å². The highest BCUT2D eigenvalue weighted by Gasteiger charge is 2.14. The van der Waals surface area contributed by atoms with Crippen LogP contribution in [0.1, 0.15) is 132 Å². The van der Waals surface area contributed by atoms with Crippen molar-refractivity contribution < 1.29 is 22.2 Å². The summed E-state index contributed by atoms with van der Waals surface area (Å²) in [6, 6.07) is 13.6. The zero-order valence-corrected chi connectivity index (χ0v) is 31.5. The molecule has 0 aromatic heterocycles. The molecular weight excluding hydrogens is 607 g/mol. The first-order valence-corrected chi connectivity index (χ1v) is 19.7. The minimum Gasteiger partial charge on any atom is -0.744 e. The molecule has 2 aromatic rings. The molecule has 47 heavy (non-hydrogen) atoms. The van der Waals surface area contributed by atoms with Gasteiger partial charge in [-0.1, -0.05) is 115 Å². The fourth-order valence-corrected chi connectivity index (χ4v) is 6.10. The molecule has 7 nitrogen and oxygen atoms in total. The van der Waals surface area contributed by atoms with Crippen molar-refractivity contribution in [1.29, 1.82) is 0 Å². The van der Waals surface area contributed by atoms with Crippen molar-refractivity contribution in [3.8, 4) is 0 Å². The van der Waals surface area contributed by atoms with E-state index >= 15 is 0 Å². The third kappa shape index (κ3) is 22.0. The summed E-state index contributed by atoms with van der Waals surface area (Å²) in [5.74, 6) is 0.0309. The van der Waals surface area contributed by atoms with E-state index in [1.807, 2.05) is 50.2 Å². The fraction of sp³-hybridized carbons (Fsp3) is 0.667. The second-order valence-electron chi connectivity index (χ2n) is 14.0. The van der Waals surface area contributed by atoms with Crippen molar-refractivity contribution in [3.63, 3.8) is 0 Å². The normalized spacial score (nSPS) is 11.6. The lowest BCUT2D eigenvalue weighted by Crippen LogP contribution is -2.42. The Labute approximate surface area is 288 Å². The lowest BCUT2D eigenvalue weighted by atomic mass is 10.0. The average Bonchev–Trinajstić information content (AvgIpc) is 3.03. The van der Waals surface area contributed by atoms with Crippen molar-refractivity contribution in [2.45, 2.75) is 128 Å². The summed E-state index contributed by atoms with van der Waals surface area (Å²) in [5, 5.41) is 3.08. The van der Waals surface area contributed by atoms with Gasteiger partial charge >= 0.3 is 0 Å². The number of nitrogens with one attached hydrogen (secondary N) is 1. The van der Waals surface area contributed by atoms with Crippen LogP contribution in [0.5, 0.6) is 0 Å². The van der Waals surface area contributed by atoms with Crippen LogP contribution in [0.15, 0.2) is 53.4 Å². The van der Waals surface area contributed by atoms with Gasteiger partial charge in [0, 0.05) is 38.3 Å². The van der Waals surface area contributed by atoms with Crippen LogP contribution in [-0.4, -0.2) is 71.2 Å². The van der Waals surface area contributed by atoms with E-state index < -0.39 is 10.1 Å². The quantitative estimate of drug-likeness (QED) is 0.0682. The molecule has 0 bridgehead atoms. The summed E-state index contributed by atoms with van der Waals surface area (Å²) < 4.78 is 32.2. The second-order valence-corrected chi connectivity index (χ2v) is 15.4. The van der Waals surface area contributed by atoms with E-state index in [0.717, 1.165) is 40.8 Å². The largest absolute Gasteiger partial charge is 0.744 e. The van der Waals surface area contributed by atoms with Gasteiger partial charge in [0.1, 0.15) is 10.1 Å². The monoisotopic (exact) mass is 673 g/mol. The number of unbranched alkanes of at least 4 members (excludes halogenated alkanes) is 15. The van der Waals surface area contributed by atoms with Gasteiger partial charge < -0.3 is 19.3 Å². The van der Waals surface area contributed by atoms with Crippen LogP contribution >= 0.6 is 0 Å². The predicted octanol–water partition coefficient (Wildman–Crippen LogP) is 9.11. The molecule has 8 heteroatoms. The van der Waals surface area contributed by atoms with Crippen molar-refractivity contribution >= 4 is 21.7 Å². The Kier molecular flexibility index (Phi) is 22.4. The van der Waals surface area contributed by atoms with Crippen molar-refractivity contribution in [2.75, 3.05) is 52.7 Å². The number of hydrogen-bond donors (Lipinski definition) is 1.